The highest BCUT2D eigenvalue weighted by molar-refractivity contribution is 6.49. The monoisotopic (exact) mass is 740 g/mol. The lowest BCUT2D eigenvalue weighted by Gasteiger charge is -2.54. The maximum atomic E-state index is 14.2. The fraction of sp³-hybridized carbons (Fsp3) is 0.714. The van der Waals surface area contributed by atoms with E-state index in [0.29, 0.717) is 25.7 Å². The van der Waals surface area contributed by atoms with Gasteiger partial charge in [-0.1, -0.05) is 91.8 Å². The molecule has 1 saturated heterocycles. The van der Waals surface area contributed by atoms with Crippen LogP contribution in [0.2, 0.25) is 26.2 Å². The molecule has 2 unspecified atom stereocenters. The lowest BCUT2D eigenvalue weighted by Crippen LogP contribution is -2.58. The first-order valence-corrected chi connectivity index (χ1v) is 25.1. The van der Waals surface area contributed by atoms with E-state index in [0.717, 1.165) is 23.3 Å². The summed E-state index contributed by atoms with van der Waals surface area (Å²) < 4.78 is 32.8. The minimum Gasteiger partial charge on any atom is -0.478 e. The van der Waals surface area contributed by atoms with Crippen molar-refractivity contribution in [3.63, 3.8) is 0 Å². The predicted octanol–water partition coefficient (Wildman–Crippen LogP) is 9.05. The molecule has 4 rings (SSSR count). The largest absolute Gasteiger partial charge is 0.478 e. The summed E-state index contributed by atoms with van der Waals surface area (Å²) in [5.41, 5.74) is 2.42. The summed E-state index contributed by atoms with van der Waals surface area (Å²) in [7, 11) is -3.07. The number of ether oxygens (including phenoxy) is 3. The Kier molecular flexibility index (Phi) is 13.4. The van der Waals surface area contributed by atoms with Crippen LogP contribution < -0.4 is 4.74 Å². The maximum Gasteiger partial charge on any atom is 0.347 e. The lowest BCUT2D eigenvalue weighted by molar-refractivity contribution is -0.180. The number of para-hydroxylation sites is 1. The number of hydrogen-bond acceptors (Lipinski definition) is 7. The highest BCUT2D eigenvalue weighted by Crippen LogP contribution is 2.53. The molecule has 1 heterocycles. The van der Waals surface area contributed by atoms with Crippen molar-refractivity contribution in [2.24, 2.45) is 34.5 Å². The number of allylic oxidation sites excluding steroid dienone is 2. The first-order valence-electron chi connectivity index (χ1n) is 19.5. The van der Waals surface area contributed by atoms with E-state index in [-0.39, 0.29) is 52.5 Å². The lowest BCUT2D eigenvalue weighted by atomic mass is 9.59. The minimum absolute atomic E-state index is 0.0233. The van der Waals surface area contributed by atoms with Crippen LogP contribution >= 0.6 is 0 Å². The summed E-state index contributed by atoms with van der Waals surface area (Å²) in [5, 5.41) is 0. The van der Waals surface area contributed by atoms with Crippen LogP contribution in [-0.2, 0) is 27.9 Å². The molecule has 0 N–H and O–H groups in total. The molecule has 0 amide bonds. The minimum atomic E-state index is -1.62. The number of esters is 2. The fourth-order valence-electron chi connectivity index (χ4n) is 8.56. The molecular formula is C42H68O7Si2. The van der Waals surface area contributed by atoms with Crippen molar-refractivity contribution in [2.75, 3.05) is 0 Å². The van der Waals surface area contributed by atoms with Gasteiger partial charge in [-0.15, -0.1) is 0 Å². The van der Waals surface area contributed by atoms with E-state index in [4.69, 9.17) is 23.1 Å². The van der Waals surface area contributed by atoms with Gasteiger partial charge in [-0.25, -0.2) is 9.59 Å². The molecule has 1 aromatic rings. The van der Waals surface area contributed by atoms with E-state index in [2.05, 4.69) is 92.9 Å². The Morgan fingerprint density at radius 1 is 1.00 bits per heavy atom. The summed E-state index contributed by atoms with van der Waals surface area (Å²) >= 11 is 0. The molecule has 7 nitrogen and oxygen atoms in total. The third-order valence-electron chi connectivity index (χ3n) is 11.4. The van der Waals surface area contributed by atoms with Crippen molar-refractivity contribution in [3.05, 3.63) is 53.1 Å². The van der Waals surface area contributed by atoms with Gasteiger partial charge in [0, 0.05) is 17.8 Å². The zero-order valence-electron chi connectivity index (χ0n) is 34.1. The normalized spacial score (nSPS) is 30.5. The van der Waals surface area contributed by atoms with Gasteiger partial charge in [-0.3, -0.25) is 0 Å². The zero-order chi connectivity index (χ0) is 38.1. The second-order valence-corrected chi connectivity index (χ2v) is 22.9. The molecule has 9 atom stereocenters. The first kappa shape index (κ1) is 41.5. The number of carbonyl (C=O) groups excluding carboxylic acids is 2. The number of benzene rings is 1. The van der Waals surface area contributed by atoms with Gasteiger partial charge in [0.25, 0.3) is 0 Å². The van der Waals surface area contributed by atoms with E-state index >= 15 is 0 Å². The summed E-state index contributed by atoms with van der Waals surface area (Å²) in [5.74, 6) is 0.365. The summed E-state index contributed by atoms with van der Waals surface area (Å²) in [6.45, 7) is 30.3. The van der Waals surface area contributed by atoms with Crippen LogP contribution in [-0.4, -0.2) is 60.0 Å². The number of carbonyl (C=O) groups is 2. The van der Waals surface area contributed by atoms with Gasteiger partial charge in [-0.05, 0) is 106 Å². The zero-order valence-corrected chi connectivity index (χ0v) is 36.4. The summed E-state index contributed by atoms with van der Waals surface area (Å²) in [6, 6.07) is 6.03. The summed E-state index contributed by atoms with van der Waals surface area (Å²) in [6.07, 6.45) is 8.38. The smallest absolute Gasteiger partial charge is 0.347 e. The third-order valence-corrected chi connectivity index (χ3v) is 13.2. The topological polar surface area (TPSA) is 80.3 Å². The third kappa shape index (κ3) is 9.67. The maximum absolute atomic E-state index is 14.2. The van der Waals surface area contributed by atoms with Crippen LogP contribution in [0.5, 0.6) is 5.75 Å². The first-order chi connectivity index (χ1) is 23.7. The quantitative estimate of drug-likeness (QED) is 0.156. The average molecular weight is 741 g/mol. The Labute approximate surface area is 312 Å². The van der Waals surface area contributed by atoms with Gasteiger partial charge in [0.2, 0.25) is 0 Å². The second kappa shape index (κ2) is 16.4. The van der Waals surface area contributed by atoms with Crippen molar-refractivity contribution in [1.29, 1.82) is 0 Å². The number of fused-ring (bicyclic) bond motifs is 1. The Bertz CT molecular complexity index is 1420. The Morgan fingerprint density at radius 3 is 2.20 bits per heavy atom. The van der Waals surface area contributed by atoms with Crippen molar-refractivity contribution in [2.45, 2.75) is 158 Å². The van der Waals surface area contributed by atoms with Crippen LogP contribution in [0.4, 0.5) is 0 Å². The molecular weight excluding hydrogens is 673 g/mol. The molecule has 0 radical (unpaired) electrons. The van der Waals surface area contributed by atoms with Crippen LogP contribution in [0, 0.1) is 48.3 Å². The number of rotatable bonds is 12. The van der Waals surface area contributed by atoms with E-state index in [1.54, 1.807) is 0 Å². The van der Waals surface area contributed by atoms with Gasteiger partial charge in [0.05, 0.1) is 5.60 Å². The second-order valence-electron chi connectivity index (χ2n) is 18.2. The van der Waals surface area contributed by atoms with Gasteiger partial charge in [0.1, 0.15) is 24.1 Å². The fourth-order valence-corrected chi connectivity index (χ4v) is 10.8. The van der Waals surface area contributed by atoms with Crippen LogP contribution in [0.3, 0.4) is 0 Å². The molecule has 9 heteroatoms. The molecule has 2 aliphatic carbocycles. The van der Waals surface area contributed by atoms with E-state index in [1.807, 2.05) is 39.0 Å². The Morgan fingerprint density at radius 2 is 1.65 bits per heavy atom. The van der Waals surface area contributed by atoms with Crippen molar-refractivity contribution < 1.29 is 32.7 Å². The SMILES string of the molecule is CCC(Oc1c(C)cccc1C)C(=O)O[C@H]1C[C@H](C(C)(C)C)C=C2C=C[C@H](C)[C@](CC[C@@H]3C[C@H](C(C)(C)C)C(O[SiH](C)C)C(=O)O3)(O[SiH](C)C)[C@H]21. The molecule has 3 aliphatic rings. The molecule has 1 fully saturated rings. The van der Waals surface area contributed by atoms with Gasteiger partial charge >= 0.3 is 11.9 Å². The van der Waals surface area contributed by atoms with Crippen molar-refractivity contribution in [1.82, 2.24) is 0 Å². The highest BCUT2D eigenvalue weighted by Gasteiger charge is 2.55. The molecule has 0 saturated carbocycles. The molecule has 0 spiro atoms. The molecule has 1 aromatic carbocycles. The van der Waals surface area contributed by atoms with Crippen LogP contribution in [0.1, 0.15) is 98.6 Å². The molecule has 51 heavy (non-hydrogen) atoms. The number of cyclic esters (lactones) is 1. The van der Waals surface area contributed by atoms with Gasteiger partial charge in [-0.2, -0.15) is 0 Å². The van der Waals surface area contributed by atoms with Crippen LogP contribution in [0.25, 0.3) is 0 Å². The molecule has 286 valence electrons. The van der Waals surface area contributed by atoms with Gasteiger partial charge < -0.3 is 23.1 Å². The Hall–Kier alpha value is -2.21. The standard InChI is InChI=1S/C42H68O7Si2/c1-15-33(46-36-26(2)17-16-18-27(36)3)38(43)47-34-24-30(40(5,6)7)23-29-20-19-28(4)42(35(29)34,49-51(13)14)22-21-31-25-32(41(8,9)10)37(39(44)45-31)48-50(11)12/h16-20,23,28,30-35,37,50-51H,15,21-22,24-25H2,1-14H3/t28-,30+,31+,32-,33?,34-,35+,37?,42-/m0/s1. The predicted molar refractivity (Wildman–Crippen MR) is 211 cm³/mol. The Balaban J connectivity index is 1.70. The summed E-state index contributed by atoms with van der Waals surface area (Å²) in [4.78, 5) is 27.7. The highest BCUT2D eigenvalue weighted by atomic mass is 28.3. The van der Waals surface area contributed by atoms with Crippen molar-refractivity contribution in [3.8, 4) is 5.75 Å². The van der Waals surface area contributed by atoms with E-state index < -0.39 is 42.0 Å². The number of aryl methyl sites for hydroxylation is 2. The molecule has 0 bridgehead atoms. The molecule has 1 aliphatic heterocycles. The van der Waals surface area contributed by atoms with Crippen LogP contribution in [0.15, 0.2) is 42.0 Å². The van der Waals surface area contributed by atoms with E-state index in [1.165, 1.54) is 5.57 Å². The van der Waals surface area contributed by atoms with Crippen molar-refractivity contribution >= 4 is 30.0 Å². The van der Waals surface area contributed by atoms with E-state index in [9.17, 15) is 9.59 Å². The average Bonchev–Trinajstić information content (AvgIpc) is 3.01. The molecule has 0 aromatic heterocycles. The number of hydrogen-bond donors (Lipinski definition) is 0. The van der Waals surface area contributed by atoms with Gasteiger partial charge in [0.15, 0.2) is 24.2 Å².